The van der Waals surface area contributed by atoms with Crippen molar-refractivity contribution in [3.05, 3.63) is 30.1 Å². The van der Waals surface area contributed by atoms with Crippen LogP contribution in [-0.2, 0) is 20.9 Å². The molecule has 0 saturated heterocycles. The average molecular weight is 241 g/mol. The van der Waals surface area contributed by atoms with E-state index in [2.05, 4.69) is 9.72 Å². The van der Waals surface area contributed by atoms with Gasteiger partial charge in [-0.25, -0.2) is 9.59 Å². The Hall–Kier alpha value is -1.99. The maximum atomic E-state index is 11.1. The van der Waals surface area contributed by atoms with Gasteiger partial charge in [0.1, 0.15) is 6.61 Å². The summed E-state index contributed by atoms with van der Waals surface area (Å²) in [5.74, 6) is -2.90. The van der Waals surface area contributed by atoms with Crippen molar-refractivity contribution < 1.29 is 29.6 Å². The summed E-state index contributed by atoms with van der Waals surface area (Å²) in [6.45, 7) is -0.157. The molecular weight excluding hydrogens is 230 g/mol. The van der Waals surface area contributed by atoms with Crippen LogP contribution < -0.4 is 0 Å². The van der Waals surface area contributed by atoms with Crippen molar-refractivity contribution in [3.8, 4) is 0 Å². The fraction of sp³-hybridized carbons (Fsp3) is 0.300. The van der Waals surface area contributed by atoms with Crippen molar-refractivity contribution in [2.24, 2.45) is 0 Å². The second-order valence-corrected chi connectivity index (χ2v) is 3.20. The highest BCUT2D eigenvalue weighted by molar-refractivity contribution is 5.84. The number of nitrogens with zero attached hydrogens (tertiary/aromatic N) is 1. The molecule has 7 heteroatoms. The minimum absolute atomic E-state index is 0.157. The highest BCUT2D eigenvalue weighted by atomic mass is 16.5. The lowest BCUT2D eigenvalue weighted by atomic mass is 10.2. The lowest BCUT2D eigenvalue weighted by Crippen LogP contribution is -2.40. The second-order valence-electron chi connectivity index (χ2n) is 3.20. The van der Waals surface area contributed by atoms with E-state index in [0.717, 1.165) is 0 Å². The van der Waals surface area contributed by atoms with E-state index in [1.165, 1.54) is 12.4 Å². The highest BCUT2D eigenvalue weighted by Gasteiger charge is 2.31. The zero-order valence-corrected chi connectivity index (χ0v) is 8.68. The summed E-state index contributed by atoms with van der Waals surface area (Å²) in [5.41, 5.74) is 0.581. The van der Waals surface area contributed by atoms with E-state index in [0.29, 0.717) is 5.56 Å². The molecule has 1 rings (SSSR count). The standard InChI is InChI=1S/C10H11NO6/c12-7(9(14)15)8(13)10(16)17-5-6-2-1-3-11-4-6/h1-4,7-8,12-13H,5H2,(H,14,15). The second kappa shape index (κ2) is 5.92. The van der Waals surface area contributed by atoms with Crippen LogP contribution >= 0.6 is 0 Å². The van der Waals surface area contributed by atoms with Crippen LogP contribution in [-0.4, -0.2) is 44.5 Å². The minimum atomic E-state index is -2.20. The van der Waals surface area contributed by atoms with Gasteiger partial charge in [-0.15, -0.1) is 0 Å². The molecule has 1 heterocycles. The molecule has 17 heavy (non-hydrogen) atoms. The molecule has 0 aliphatic rings. The number of hydrogen-bond donors (Lipinski definition) is 3. The van der Waals surface area contributed by atoms with Crippen molar-refractivity contribution in [3.63, 3.8) is 0 Å². The van der Waals surface area contributed by atoms with Crippen LogP contribution in [0.5, 0.6) is 0 Å². The van der Waals surface area contributed by atoms with E-state index in [1.54, 1.807) is 12.1 Å². The molecule has 0 amide bonds. The molecule has 7 nitrogen and oxygen atoms in total. The number of carboxylic acid groups (broad SMARTS) is 1. The molecule has 1 aromatic heterocycles. The normalized spacial score (nSPS) is 13.8. The number of aliphatic hydroxyl groups excluding tert-OH is 2. The molecule has 3 N–H and O–H groups in total. The Kier molecular flexibility index (Phi) is 4.56. The van der Waals surface area contributed by atoms with Crippen LogP contribution in [0, 0.1) is 0 Å². The van der Waals surface area contributed by atoms with Gasteiger partial charge in [-0.05, 0) is 6.07 Å². The Bertz CT molecular complexity index is 393. The molecule has 0 saturated carbocycles. The molecule has 0 aromatic carbocycles. The van der Waals surface area contributed by atoms with Gasteiger partial charge < -0.3 is 20.1 Å². The number of carbonyl (C=O) groups excluding carboxylic acids is 1. The molecule has 92 valence electrons. The van der Waals surface area contributed by atoms with Crippen LogP contribution in [0.1, 0.15) is 5.56 Å². The van der Waals surface area contributed by atoms with Gasteiger partial charge in [0.15, 0.2) is 12.2 Å². The van der Waals surface area contributed by atoms with Crippen LogP contribution in [0.3, 0.4) is 0 Å². The molecule has 1 aromatic rings. The van der Waals surface area contributed by atoms with Crippen LogP contribution in [0.15, 0.2) is 24.5 Å². The predicted molar refractivity (Wildman–Crippen MR) is 53.7 cm³/mol. The summed E-state index contributed by atoms with van der Waals surface area (Å²) < 4.78 is 4.61. The Balaban J connectivity index is 2.47. The Labute approximate surface area is 96.3 Å². The summed E-state index contributed by atoms with van der Waals surface area (Å²) in [6.07, 6.45) is -1.32. The number of ether oxygens (including phenoxy) is 1. The molecule has 0 aliphatic carbocycles. The van der Waals surface area contributed by atoms with Gasteiger partial charge in [0.25, 0.3) is 0 Å². The number of aromatic nitrogens is 1. The molecule has 0 aliphatic heterocycles. The number of carbonyl (C=O) groups is 2. The monoisotopic (exact) mass is 241 g/mol. The third-order valence-corrected chi connectivity index (χ3v) is 1.90. The SMILES string of the molecule is O=C(O)C(O)C(O)C(=O)OCc1cccnc1. The number of aliphatic carboxylic acids is 1. The highest BCUT2D eigenvalue weighted by Crippen LogP contribution is 2.02. The number of carboxylic acids is 1. The van der Waals surface area contributed by atoms with Gasteiger partial charge in [0.2, 0.25) is 0 Å². The lowest BCUT2D eigenvalue weighted by Gasteiger charge is -2.12. The molecular formula is C10H11NO6. The van der Waals surface area contributed by atoms with Crippen molar-refractivity contribution in [2.75, 3.05) is 0 Å². The van der Waals surface area contributed by atoms with Gasteiger partial charge >= 0.3 is 11.9 Å². The number of rotatable bonds is 5. The smallest absolute Gasteiger partial charge is 0.338 e. The summed E-state index contributed by atoms with van der Waals surface area (Å²) >= 11 is 0. The maximum absolute atomic E-state index is 11.1. The van der Waals surface area contributed by atoms with Crippen molar-refractivity contribution in [2.45, 2.75) is 18.8 Å². The lowest BCUT2D eigenvalue weighted by molar-refractivity contribution is -0.170. The van der Waals surface area contributed by atoms with E-state index >= 15 is 0 Å². The Morgan fingerprint density at radius 3 is 2.59 bits per heavy atom. The molecule has 0 bridgehead atoms. The van der Waals surface area contributed by atoms with Gasteiger partial charge in [-0.2, -0.15) is 0 Å². The molecule has 2 atom stereocenters. The third kappa shape index (κ3) is 3.82. The van der Waals surface area contributed by atoms with E-state index in [-0.39, 0.29) is 6.61 Å². The Morgan fingerprint density at radius 2 is 2.06 bits per heavy atom. The molecule has 0 fully saturated rings. The topological polar surface area (TPSA) is 117 Å². The fourth-order valence-electron chi connectivity index (χ4n) is 0.987. The first-order chi connectivity index (χ1) is 8.02. The molecule has 0 radical (unpaired) electrons. The quantitative estimate of drug-likeness (QED) is 0.562. The molecule has 0 spiro atoms. The maximum Gasteiger partial charge on any atom is 0.338 e. The first-order valence-electron chi connectivity index (χ1n) is 4.67. The summed E-state index contributed by atoms with van der Waals surface area (Å²) in [7, 11) is 0. The largest absolute Gasteiger partial charge is 0.479 e. The van der Waals surface area contributed by atoms with Crippen LogP contribution in [0.2, 0.25) is 0 Å². The van der Waals surface area contributed by atoms with E-state index in [4.69, 9.17) is 15.3 Å². The first-order valence-corrected chi connectivity index (χ1v) is 4.67. The van der Waals surface area contributed by atoms with E-state index in [9.17, 15) is 9.59 Å². The fourth-order valence-corrected chi connectivity index (χ4v) is 0.987. The van der Waals surface area contributed by atoms with Crippen molar-refractivity contribution in [1.29, 1.82) is 0 Å². The Morgan fingerprint density at radius 1 is 1.35 bits per heavy atom. The predicted octanol–water partition coefficient (Wildman–Crippen LogP) is -1.07. The number of hydrogen-bond acceptors (Lipinski definition) is 6. The average Bonchev–Trinajstić information content (AvgIpc) is 2.35. The third-order valence-electron chi connectivity index (χ3n) is 1.90. The number of aliphatic hydroxyl groups is 2. The summed E-state index contributed by atoms with van der Waals surface area (Å²) in [5, 5.41) is 26.4. The van der Waals surface area contributed by atoms with Gasteiger partial charge in [0, 0.05) is 18.0 Å². The zero-order chi connectivity index (χ0) is 12.8. The van der Waals surface area contributed by atoms with E-state index in [1.807, 2.05) is 0 Å². The summed E-state index contributed by atoms with van der Waals surface area (Å²) in [4.78, 5) is 25.2. The van der Waals surface area contributed by atoms with Gasteiger partial charge in [-0.3, -0.25) is 4.98 Å². The van der Waals surface area contributed by atoms with Crippen LogP contribution in [0.25, 0.3) is 0 Å². The molecule has 2 unspecified atom stereocenters. The van der Waals surface area contributed by atoms with Gasteiger partial charge in [0.05, 0.1) is 0 Å². The number of esters is 1. The first kappa shape index (κ1) is 13.1. The van der Waals surface area contributed by atoms with Gasteiger partial charge in [-0.1, -0.05) is 6.07 Å². The van der Waals surface area contributed by atoms with E-state index < -0.39 is 24.1 Å². The minimum Gasteiger partial charge on any atom is -0.479 e. The summed E-state index contributed by atoms with van der Waals surface area (Å²) in [6, 6.07) is 3.27. The number of pyridine rings is 1. The van der Waals surface area contributed by atoms with Crippen LogP contribution in [0.4, 0.5) is 0 Å². The van der Waals surface area contributed by atoms with Crippen molar-refractivity contribution >= 4 is 11.9 Å². The van der Waals surface area contributed by atoms with Crippen molar-refractivity contribution in [1.82, 2.24) is 4.98 Å². The zero-order valence-electron chi connectivity index (χ0n) is 8.68.